The van der Waals surface area contributed by atoms with E-state index in [-0.39, 0.29) is 11.5 Å². The number of aryl methyl sites for hydroxylation is 1. The van der Waals surface area contributed by atoms with Crippen molar-refractivity contribution in [2.45, 2.75) is 19.9 Å². The van der Waals surface area contributed by atoms with Crippen LogP contribution in [0.4, 0.5) is 0 Å². The molecule has 19 heavy (non-hydrogen) atoms. The lowest BCUT2D eigenvalue weighted by molar-refractivity contribution is 0.0821. The lowest BCUT2D eigenvalue weighted by atomic mass is 10.1. The summed E-state index contributed by atoms with van der Waals surface area (Å²) in [5, 5.41) is 5.37. The maximum absolute atomic E-state index is 12.2. The van der Waals surface area contributed by atoms with Crippen molar-refractivity contribution in [2.24, 2.45) is 0 Å². The average molecular weight is 259 g/mol. The average Bonchev–Trinajstić information content (AvgIpc) is 2.41. The number of hydrogen-bond donors (Lipinski definition) is 0. The molecule has 1 aromatic heterocycles. The standard InChI is InChI=1S/C14H17N3O2/c1-4-9-17-13(18)11-8-6-5-7-10(11)12(15-17)14(19)16(2)3/h5-8H,4,9H2,1-3H3. The van der Waals surface area contributed by atoms with Gasteiger partial charge in [-0.3, -0.25) is 9.59 Å². The molecular weight excluding hydrogens is 242 g/mol. The molecule has 0 aliphatic carbocycles. The van der Waals surface area contributed by atoms with Crippen LogP contribution in [-0.4, -0.2) is 34.7 Å². The predicted molar refractivity (Wildman–Crippen MR) is 74.3 cm³/mol. The van der Waals surface area contributed by atoms with Gasteiger partial charge in [0, 0.05) is 26.0 Å². The van der Waals surface area contributed by atoms with Crippen LogP contribution in [0.5, 0.6) is 0 Å². The number of aromatic nitrogens is 2. The summed E-state index contributed by atoms with van der Waals surface area (Å²) in [5.74, 6) is -0.193. The Morgan fingerprint density at radius 2 is 1.89 bits per heavy atom. The molecule has 0 unspecified atom stereocenters. The molecule has 1 aromatic carbocycles. The SMILES string of the molecule is CCCn1nc(C(=O)N(C)C)c2ccccc2c1=O. The predicted octanol–water partition coefficient (Wildman–Crippen LogP) is 1.51. The summed E-state index contributed by atoms with van der Waals surface area (Å²) in [6.07, 6.45) is 0.793. The van der Waals surface area contributed by atoms with Crippen molar-refractivity contribution in [3.05, 3.63) is 40.3 Å². The Kier molecular flexibility index (Phi) is 3.64. The minimum atomic E-state index is -0.193. The Balaban J connectivity index is 2.78. The third-order valence-electron chi connectivity index (χ3n) is 2.91. The first-order chi connectivity index (χ1) is 9.06. The van der Waals surface area contributed by atoms with Crippen molar-refractivity contribution >= 4 is 16.7 Å². The lowest BCUT2D eigenvalue weighted by Crippen LogP contribution is -2.30. The minimum Gasteiger partial charge on any atom is -0.343 e. The van der Waals surface area contributed by atoms with Gasteiger partial charge in [0.05, 0.1) is 5.39 Å². The third kappa shape index (κ3) is 2.36. The highest BCUT2D eigenvalue weighted by Crippen LogP contribution is 2.14. The largest absolute Gasteiger partial charge is 0.343 e. The molecule has 0 spiro atoms. The fourth-order valence-corrected chi connectivity index (χ4v) is 1.97. The molecule has 0 bridgehead atoms. The van der Waals surface area contributed by atoms with Crippen molar-refractivity contribution < 1.29 is 4.79 Å². The second-order valence-corrected chi connectivity index (χ2v) is 4.62. The summed E-state index contributed by atoms with van der Waals surface area (Å²) in [6, 6.07) is 7.10. The van der Waals surface area contributed by atoms with Crippen molar-refractivity contribution in [2.75, 3.05) is 14.1 Å². The van der Waals surface area contributed by atoms with E-state index in [0.717, 1.165) is 6.42 Å². The van der Waals surface area contributed by atoms with E-state index in [0.29, 0.717) is 23.0 Å². The van der Waals surface area contributed by atoms with Crippen LogP contribution < -0.4 is 5.56 Å². The van der Waals surface area contributed by atoms with Gasteiger partial charge in [-0.2, -0.15) is 5.10 Å². The van der Waals surface area contributed by atoms with Crippen LogP contribution in [0.2, 0.25) is 0 Å². The summed E-state index contributed by atoms with van der Waals surface area (Å²) < 4.78 is 1.37. The highest BCUT2D eigenvalue weighted by molar-refractivity contribution is 6.04. The van der Waals surface area contributed by atoms with Crippen LogP contribution >= 0.6 is 0 Å². The number of nitrogens with zero attached hydrogens (tertiary/aromatic N) is 3. The summed E-state index contributed by atoms with van der Waals surface area (Å²) in [4.78, 5) is 25.9. The second-order valence-electron chi connectivity index (χ2n) is 4.62. The molecule has 5 nitrogen and oxygen atoms in total. The highest BCUT2D eigenvalue weighted by atomic mass is 16.2. The number of rotatable bonds is 3. The summed E-state index contributed by atoms with van der Waals surface area (Å²) >= 11 is 0. The molecule has 0 atom stereocenters. The highest BCUT2D eigenvalue weighted by Gasteiger charge is 2.17. The van der Waals surface area contributed by atoms with Crippen molar-refractivity contribution in [1.82, 2.24) is 14.7 Å². The molecule has 2 aromatic rings. The number of carbonyl (C=O) groups is 1. The number of benzene rings is 1. The van der Waals surface area contributed by atoms with E-state index in [2.05, 4.69) is 5.10 Å². The van der Waals surface area contributed by atoms with E-state index in [9.17, 15) is 9.59 Å². The van der Waals surface area contributed by atoms with Gasteiger partial charge in [-0.15, -0.1) is 0 Å². The molecule has 5 heteroatoms. The molecule has 100 valence electrons. The van der Waals surface area contributed by atoms with E-state index in [4.69, 9.17) is 0 Å². The van der Waals surface area contributed by atoms with E-state index in [1.807, 2.05) is 6.92 Å². The minimum absolute atomic E-state index is 0.146. The molecule has 0 saturated heterocycles. The summed E-state index contributed by atoms with van der Waals surface area (Å²) in [6.45, 7) is 2.48. The molecule has 0 aliphatic rings. The van der Waals surface area contributed by atoms with Crippen molar-refractivity contribution in [1.29, 1.82) is 0 Å². The van der Waals surface area contributed by atoms with E-state index in [1.165, 1.54) is 9.58 Å². The topological polar surface area (TPSA) is 55.2 Å². The van der Waals surface area contributed by atoms with Gasteiger partial charge < -0.3 is 4.90 Å². The van der Waals surface area contributed by atoms with Gasteiger partial charge in [-0.05, 0) is 12.5 Å². The number of carbonyl (C=O) groups excluding carboxylic acids is 1. The Morgan fingerprint density at radius 1 is 1.26 bits per heavy atom. The Hall–Kier alpha value is -2.17. The fourth-order valence-electron chi connectivity index (χ4n) is 1.97. The zero-order valence-electron chi connectivity index (χ0n) is 11.4. The van der Waals surface area contributed by atoms with Crippen molar-refractivity contribution in [3.8, 4) is 0 Å². The Morgan fingerprint density at radius 3 is 2.47 bits per heavy atom. The van der Waals surface area contributed by atoms with Crippen LogP contribution in [0.25, 0.3) is 10.8 Å². The maximum atomic E-state index is 12.2. The summed E-state index contributed by atoms with van der Waals surface area (Å²) in [7, 11) is 3.35. The lowest BCUT2D eigenvalue weighted by Gasteiger charge is -2.13. The maximum Gasteiger partial charge on any atom is 0.274 e. The molecule has 1 amide bonds. The first-order valence-corrected chi connectivity index (χ1v) is 6.27. The molecule has 0 aliphatic heterocycles. The number of fused-ring (bicyclic) bond motifs is 1. The van der Waals surface area contributed by atoms with E-state index in [1.54, 1.807) is 38.4 Å². The first kappa shape index (κ1) is 13.3. The zero-order chi connectivity index (χ0) is 14.0. The van der Waals surface area contributed by atoms with Crippen molar-refractivity contribution in [3.63, 3.8) is 0 Å². The van der Waals surface area contributed by atoms with Crippen LogP contribution in [0.1, 0.15) is 23.8 Å². The van der Waals surface area contributed by atoms with Gasteiger partial charge in [0.2, 0.25) is 0 Å². The van der Waals surface area contributed by atoms with Gasteiger partial charge >= 0.3 is 0 Å². The van der Waals surface area contributed by atoms with E-state index < -0.39 is 0 Å². The van der Waals surface area contributed by atoms with Gasteiger partial charge in [0.1, 0.15) is 0 Å². The smallest absolute Gasteiger partial charge is 0.274 e. The quantitative estimate of drug-likeness (QED) is 0.839. The zero-order valence-corrected chi connectivity index (χ0v) is 11.4. The molecule has 0 fully saturated rings. The number of hydrogen-bond acceptors (Lipinski definition) is 3. The molecule has 0 N–H and O–H groups in total. The fraction of sp³-hybridized carbons (Fsp3) is 0.357. The molecule has 0 saturated carbocycles. The normalized spacial score (nSPS) is 10.7. The third-order valence-corrected chi connectivity index (χ3v) is 2.91. The molecule has 0 radical (unpaired) electrons. The van der Waals surface area contributed by atoms with Gasteiger partial charge in [0.15, 0.2) is 5.69 Å². The van der Waals surface area contributed by atoms with Crippen LogP contribution in [0.15, 0.2) is 29.1 Å². The molecule has 2 rings (SSSR count). The second kappa shape index (κ2) is 5.22. The molecule has 1 heterocycles. The van der Waals surface area contributed by atoms with Crippen LogP contribution in [0.3, 0.4) is 0 Å². The van der Waals surface area contributed by atoms with Gasteiger partial charge in [-0.1, -0.05) is 25.1 Å². The first-order valence-electron chi connectivity index (χ1n) is 6.27. The summed E-state index contributed by atoms with van der Waals surface area (Å²) in [5.41, 5.74) is 0.182. The monoisotopic (exact) mass is 259 g/mol. The van der Waals surface area contributed by atoms with Crippen LogP contribution in [-0.2, 0) is 6.54 Å². The Bertz CT molecular complexity index is 674. The van der Waals surface area contributed by atoms with Crippen LogP contribution in [0, 0.1) is 0 Å². The Labute approximate surface area is 111 Å². The van der Waals surface area contributed by atoms with Gasteiger partial charge in [-0.25, -0.2) is 4.68 Å². The molecular formula is C14H17N3O2. The van der Waals surface area contributed by atoms with Gasteiger partial charge in [0.25, 0.3) is 11.5 Å². The number of amides is 1. The van der Waals surface area contributed by atoms with E-state index >= 15 is 0 Å².